The van der Waals surface area contributed by atoms with E-state index in [1.165, 1.54) is 30.5 Å². The number of hydrogen-bond acceptors (Lipinski definition) is 6. The SMILES string of the molecule is Cc1cc(C#N)cc2c(=O)oc(/C(=C/C(=N)C(F)(F)F)[NH2+]c3ncccc3Cl)nc12. The molecule has 0 aliphatic rings. The molecule has 30 heavy (non-hydrogen) atoms. The van der Waals surface area contributed by atoms with E-state index in [1.54, 1.807) is 6.92 Å². The molecule has 3 rings (SSSR count). The van der Waals surface area contributed by atoms with Gasteiger partial charge in [0.25, 0.3) is 5.89 Å². The number of alkyl halides is 3. The topological polar surface area (TPSA) is 120 Å². The van der Waals surface area contributed by atoms with Crippen molar-refractivity contribution in [2.45, 2.75) is 13.1 Å². The van der Waals surface area contributed by atoms with Crippen LogP contribution in [-0.4, -0.2) is 21.9 Å². The van der Waals surface area contributed by atoms with Gasteiger partial charge in [0.05, 0.1) is 22.5 Å². The number of rotatable bonds is 4. The number of benzene rings is 1. The first-order valence-electron chi connectivity index (χ1n) is 8.29. The zero-order chi connectivity index (χ0) is 22.1. The Kier molecular flexibility index (Phi) is 5.69. The van der Waals surface area contributed by atoms with Crippen LogP contribution in [0, 0.1) is 23.7 Å². The second kappa shape index (κ2) is 8.06. The number of aromatic nitrogens is 2. The van der Waals surface area contributed by atoms with Gasteiger partial charge in [0, 0.05) is 12.3 Å². The van der Waals surface area contributed by atoms with Crippen LogP contribution in [0.25, 0.3) is 16.6 Å². The quantitative estimate of drug-likeness (QED) is 0.611. The van der Waals surface area contributed by atoms with Crippen LogP contribution in [0.5, 0.6) is 0 Å². The summed E-state index contributed by atoms with van der Waals surface area (Å²) in [5.74, 6) is -0.350. The molecule has 1 aromatic carbocycles. The molecule has 152 valence electrons. The van der Waals surface area contributed by atoms with E-state index in [1.807, 2.05) is 6.07 Å². The first-order valence-corrected chi connectivity index (χ1v) is 8.66. The molecule has 0 spiro atoms. The Bertz CT molecular complexity index is 1290. The smallest absolute Gasteiger partial charge is 0.398 e. The van der Waals surface area contributed by atoms with Crippen molar-refractivity contribution in [3.05, 3.63) is 69.0 Å². The van der Waals surface area contributed by atoms with Gasteiger partial charge >= 0.3 is 11.8 Å². The summed E-state index contributed by atoms with van der Waals surface area (Å²) in [5.41, 5.74) is -2.06. The van der Waals surface area contributed by atoms with E-state index in [0.29, 0.717) is 11.6 Å². The minimum atomic E-state index is -4.93. The van der Waals surface area contributed by atoms with Crippen molar-refractivity contribution in [1.82, 2.24) is 9.97 Å². The minimum Gasteiger partial charge on any atom is -0.398 e. The number of nitrogens with zero attached hydrogens (tertiary/aromatic N) is 3. The van der Waals surface area contributed by atoms with Crippen LogP contribution in [0.3, 0.4) is 0 Å². The van der Waals surface area contributed by atoms with Gasteiger partial charge in [-0.05, 0) is 36.8 Å². The number of pyridine rings is 1. The van der Waals surface area contributed by atoms with Crippen LogP contribution in [0.4, 0.5) is 19.0 Å². The third-order valence-corrected chi connectivity index (χ3v) is 4.30. The summed E-state index contributed by atoms with van der Waals surface area (Å²) in [6.45, 7) is 1.60. The number of aryl methyl sites for hydroxylation is 1. The molecule has 11 heteroatoms. The van der Waals surface area contributed by atoms with Crippen molar-refractivity contribution >= 4 is 39.7 Å². The molecule has 0 bridgehead atoms. The summed E-state index contributed by atoms with van der Waals surface area (Å²) in [6, 6.07) is 7.68. The van der Waals surface area contributed by atoms with Crippen molar-refractivity contribution in [3.63, 3.8) is 0 Å². The van der Waals surface area contributed by atoms with Gasteiger partial charge < -0.3 is 4.42 Å². The third kappa shape index (κ3) is 4.37. The van der Waals surface area contributed by atoms with Gasteiger partial charge in [-0.2, -0.15) is 18.4 Å². The number of nitrogens with two attached hydrogens (primary N) is 1. The molecular weight excluding hydrogens is 423 g/mol. The van der Waals surface area contributed by atoms with E-state index in [0.717, 1.165) is 5.32 Å². The van der Waals surface area contributed by atoms with Gasteiger partial charge in [0.1, 0.15) is 10.7 Å². The molecule has 0 unspecified atom stereocenters. The molecule has 3 aromatic rings. The monoisotopic (exact) mass is 434 g/mol. The Morgan fingerprint density at radius 2 is 2.13 bits per heavy atom. The molecule has 0 atom stereocenters. The van der Waals surface area contributed by atoms with Gasteiger partial charge in [0.15, 0.2) is 0 Å². The number of nitrogens with one attached hydrogen (secondary N) is 1. The number of quaternary nitrogens is 1. The lowest BCUT2D eigenvalue weighted by molar-refractivity contribution is -0.475. The molecule has 0 aliphatic heterocycles. The first-order chi connectivity index (χ1) is 14.1. The van der Waals surface area contributed by atoms with E-state index in [2.05, 4.69) is 9.97 Å². The Morgan fingerprint density at radius 1 is 1.40 bits per heavy atom. The van der Waals surface area contributed by atoms with Crippen molar-refractivity contribution in [1.29, 1.82) is 10.7 Å². The molecule has 7 nitrogen and oxygen atoms in total. The van der Waals surface area contributed by atoms with Crippen molar-refractivity contribution in [2.75, 3.05) is 0 Å². The number of nitriles is 1. The minimum absolute atomic E-state index is 0.0106. The molecule has 0 aliphatic carbocycles. The van der Waals surface area contributed by atoms with Crippen LogP contribution in [0.1, 0.15) is 17.0 Å². The summed E-state index contributed by atoms with van der Waals surface area (Å²) in [7, 11) is 0. The molecule has 2 aromatic heterocycles. The first kappa shape index (κ1) is 21.2. The fourth-order valence-electron chi connectivity index (χ4n) is 2.59. The number of halogens is 4. The lowest BCUT2D eigenvalue weighted by Crippen LogP contribution is -2.75. The van der Waals surface area contributed by atoms with E-state index in [4.69, 9.17) is 26.7 Å². The largest absolute Gasteiger partial charge is 0.432 e. The normalized spacial score (nSPS) is 12.1. The second-order valence-corrected chi connectivity index (χ2v) is 6.54. The number of hydrogen-bond donors (Lipinski definition) is 2. The molecule has 0 fully saturated rings. The number of fused-ring (bicyclic) bond motifs is 1. The highest BCUT2D eigenvalue weighted by Crippen LogP contribution is 2.22. The lowest BCUT2D eigenvalue weighted by atomic mass is 10.1. The Labute approximate surface area is 172 Å². The van der Waals surface area contributed by atoms with Gasteiger partial charge in [-0.3, -0.25) is 10.7 Å². The summed E-state index contributed by atoms with van der Waals surface area (Å²) in [5, 5.41) is 17.6. The van der Waals surface area contributed by atoms with Crippen molar-refractivity contribution < 1.29 is 22.9 Å². The fraction of sp³-hybridized carbons (Fsp3) is 0.105. The molecule has 2 heterocycles. The molecule has 3 N–H and O–H groups in total. The highest BCUT2D eigenvalue weighted by molar-refractivity contribution is 6.32. The highest BCUT2D eigenvalue weighted by atomic mass is 35.5. The van der Waals surface area contributed by atoms with Crippen molar-refractivity contribution in [3.8, 4) is 6.07 Å². The Morgan fingerprint density at radius 3 is 2.77 bits per heavy atom. The van der Waals surface area contributed by atoms with Crippen LogP contribution in [-0.2, 0) is 0 Å². The number of allylic oxidation sites excluding steroid dienone is 1. The Balaban J connectivity index is 2.22. The Hall–Kier alpha value is -3.55. The molecule has 0 amide bonds. The fourth-order valence-corrected chi connectivity index (χ4v) is 2.77. The van der Waals surface area contributed by atoms with Gasteiger partial charge in [-0.25, -0.2) is 14.8 Å². The summed E-state index contributed by atoms with van der Waals surface area (Å²) < 4.78 is 44.0. The third-order valence-electron chi connectivity index (χ3n) is 3.98. The molecule has 0 saturated carbocycles. The maximum Gasteiger partial charge on any atom is 0.432 e. The lowest BCUT2D eigenvalue weighted by Gasteiger charge is -2.08. The molecular formula is C19H12ClF3N5O2+. The van der Waals surface area contributed by atoms with E-state index >= 15 is 0 Å². The summed E-state index contributed by atoms with van der Waals surface area (Å²) in [4.78, 5) is 20.6. The molecule has 0 radical (unpaired) electrons. The van der Waals surface area contributed by atoms with E-state index < -0.39 is 23.4 Å². The zero-order valence-electron chi connectivity index (χ0n) is 15.2. The van der Waals surface area contributed by atoms with Crippen LogP contribution < -0.4 is 10.9 Å². The van der Waals surface area contributed by atoms with Crippen molar-refractivity contribution in [2.24, 2.45) is 0 Å². The average Bonchev–Trinajstić information content (AvgIpc) is 2.68. The van der Waals surface area contributed by atoms with Gasteiger partial charge in [-0.1, -0.05) is 11.6 Å². The van der Waals surface area contributed by atoms with E-state index in [9.17, 15) is 18.0 Å². The van der Waals surface area contributed by atoms with Gasteiger partial charge in [0.2, 0.25) is 11.5 Å². The molecule has 0 saturated heterocycles. The van der Waals surface area contributed by atoms with Crippen LogP contribution in [0.2, 0.25) is 5.02 Å². The maximum absolute atomic E-state index is 13.0. The zero-order valence-corrected chi connectivity index (χ0v) is 16.0. The standard InChI is InChI=1S/C19H11ClF3N5O2/c1-9-5-10(8-24)6-11-15(9)28-17(30-18(11)29)13(7-14(25)19(21,22)23)27-16-12(20)3-2-4-26-16/h2-7,25H,1H3,(H,26,27)/p+1/b13-7-,25-14?. The average molecular weight is 435 g/mol. The predicted octanol–water partition coefficient (Wildman–Crippen LogP) is 3.23. The maximum atomic E-state index is 13.0. The summed E-state index contributed by atoms with van der Waals surface area (Å²) in [6.07, 6.45) is -3.08. The predicted molar refractivity (Wildman–Crippen MR) is 102 cm³/mol. The highest BCUT2D eigenvalue weighted by Gasteiger charge is 2.34. The second-order valence-electron chi connectivity index (χ2n) is 6.13. The summed E-state index contributed by atoms with van der Waals surface area (Å²) >= 11 is 6.03. The van der Waals surface area contributed by atoms with Crippen LogP contribution >= 0.6 is 11.6 Å². The van der Waals surface area contributed by atoms with Crippen LogP contribution in [0.15, 0.2) is 45.8 Å². The van der Waals surface area contributed by atoms with Gasteiger partial charge in [-0.15, -0.1) is 0 Å². The van der Waals surface area contributed by atoms with E-state index in [-0.39, 0.29) is 33.0 Å².